The van der Waals surface area contributed by atoms with E-state index in [1.165, 1.54) is 0 Å². The fourth-order valence-corrected chi connectivity index (χ4v) is 3.48. The van der Waals surface area contributed by atoms with Crippen LogP contribution in [0, 0.1) is 6.92 Å². The number of anilines is 1. The first kappa shape index (κ1) is 21.7. The van der Waals surface area contributed by atoms with Crippen LogP contribution < -0.4 is 4.90 Å². The van der Waals surface area contributed by atoms with Gasteiger partial charge in [-0.3, -0.25) is 14.6 Å². The van der Waals surface area contributed by atoms with Crippen LogP contribution in [0.3, 0.4) is 0 Å². The van der Waals surface area contributed by atoms with Gasteiger partial charge in [-0.2, -0.15) is 0 Å². The van der Waals surface area contributed by atoms with Gasteiger partial charge in [-0.25, -0.2) is 4.98 Å². The fourth-order valence-electron chi connectivity index (χ4n) is 3.26. The molecule has 1 amide bonds. The molecule has 0 saturated carbocycles. The Bertz CT molecular complexity index is 1060. The maximum absolute atomic E-state index is 12.5. The van der Waals surface area contributed by atoms with Crippen LogP contribution in [0.15, 0.2) is 54.9 Å². The van der Waals surface area contributed by atoms with Gasteiger partial charge in [0.25, 0.3) is 0 Å². The van der Waals surface area contributed by atoms with Crippen molar-refractivity contribution in [1.29, 1.82) is 0 Å². The highest BCUT2D eigenvalue weighted by molar-refractivity contribution is 6.30. The molecule has 0 spiro atoms. The average molecular weight is 422 g/mol. The lowest BCUT2D eigenvalue weighted by Gasteiger charge is -2.18. The van der Waals surface area contributed by atoms with Crippen molar-refractivity contribution in [2.24, 2.45) is 0 Å². The molecule has 0 atom stereocenters. The number of halogens is 1. The van der Waals surface area contributed by atoms with E-state index in [0.29, 0.717) is 30.1 Å². The normalized spacial score (nSPS) is 10.7. The van der Waals surface area contributed by atoms with E-state index in [-0.39, 0.29) is 11.7 Å². The Labute approximate surface area is 181 Å². The molecule has 0 aliphatic carbocycles. The van der Waals surface area contributed by atoms with E-state index in [4.69, 9.17) is 11.6 Å². The number of carbonyl (C=O) groups is 2. The summed E-state index contributed by atoms with van der Waals surface area (Å²) in [5.41, 5.74) is 5.13. The molecule has 6 heteroatoms. The summed E-state index contributed by atoms with van der Waals surface area (Å²) in [5.74, 6) is 0.0347. The second-order valence-corrected chi connectivity index (χ2v) is 7.47. The maximum Gasteiger partial charge on any atom is 0.226 e. The smallest absolute Gasteiger partial charge is 0.226 e. The minimum absolute atomic E-state index is 0.0340. The van der Waals surface area contributed by atoms with E-state index in [1.54, 1.807) is 30.4 Å². The number of rotatable bonds is 7. The van der Waals surface area contributed by atoms with Crippen LogP contribution in [0.1, 0.15) is 41.4 Å². The van der Waals surface area contributed by atoms with Gasteiger partial charge in [-0.05, 0) is 54.3 Å². The Balaban J connectivity index is 1.71. The quantitative estimate of drug-likeness (QED) is 0.384. The number of nitrogens with zero attached hydrogens (tertiary/aromatic N) is 3. The van der Waals surface area contributed by atoms with Crippen LogP contribution in [0.2, 0.25) is 5.15 Å². The number of hydrogen-bond donors (Lipinski definition) is 0. The molecule has 0 fully saturated rings. The van der Waals surface area contributed by atoms with Crippen molar-refractivity contribution in [3.8, 4) is 11.1 Å². The maximum atomic E-state index is 12.5. The third-order valence-electron chi connectivity index (χ3n) is 5.09. The molecule has 0 aliphatic heterocycles. The first-order chi connectivity index (χ1) is 14.4. The van der Waals surface area contributed by atoms with Gasteiger partial charge in [0.15, 0.2) is 5.78 Å². The topological polar surface area (TPSA) is 63.2 Å². The molecule has 0 aliphatic rings. The molecule has 3 aromatic rings. The largest absolute Gasteiger partial charge is 0.316 e. The molecule has 2 aromatic heterocycles. The summed E-state index contributed by atoms with van der Waals surface area (Å²) in [6.45, 7) is 3.85. The molecule has 30 heavy (non-hydrogen) atoms. The SMILES string of the molecule is CCC(=O)N(C)c1ccc(-c2ccc(C(=O)CCc3cccnc3Cl)nc2)c(C)c1. The predicted octanol–water partition coefficient (Wildman–Crippen LogP) is 5.29. The summed E-state index contributed by atoms with van der Waals surface area (Å²) in [7, 11) is 1.78. The van der Waals surface area contributed by atoms with E-state index in [9.17, 15) is 9.59 Å². The van der Waals surface area contributed by atoms with Crippen LogP contribution in [0.5, 0.6) is 0 Å². The number of amides is 1. The Hall–Kier alpha value is -3.05. The van der Waals surface area contributed by atoms with E-state index in [0.717, 1.165) is 27.9 Å². The van der Waals surface area contributed by atoms with Gasteiger partial charge >= 0.3 is 0 Å². The van der Waals surface area contributed by atoms with Gasteiger partial charge < -0.3 is 4.90 Å². The minimum atomic E-state index is -0.0340. The Kier molecular flexibility index (Phi) is 6.95. The predicted molar refractivity (Wildman–Crippen MR) is 120 cm³/mol. The number of benzene rings is 1. The third-order valence-corrected chi connectivity index (χ3v) is 5.43. The van der Waals surface area contributed by atoms with Crippen LogP contribution in [-0.4, -0.2) is 28.7 Å². The number of carbonyl (C=O) groups excluding carboxylic acids is 2. The molecule has 1 aromatic carbocycles. The van der Waals surface area contributed by atoms with Crippen molar-refractivity contribution in [1.82, 2.24) is 9.97 Å². The summed E-state index contributed by atoms with van der Waals surface area (Å²) in [4.78, 5) is 34.5. The average Bonchev–Trinajstić information content (AvgIpc) is 2.77. The molecular weight excluding hydrogens is 398 g/mol. The standard InChI is InChI=1S/C24H24ClN3O2/c1-4-23(30)28(3)19-9-10-20(16(2)14-19)18-7-11-21(27-15-18)22(29)12-8-17-6-5-13-26-24(17)25/h5-7,9-11,13-15H,4,8,12H2,1-3H3. The van der Waals surface area contributed by atoms with E-state index in [2.05, 4.69) is 9.97 Å². The first-order valence-electron chi connectivity index (χ1n) is 9.87. The zero-order chi connectivity index (χ0) is 21.7. The monoisotopic (exact) mass is 421 g/mol. The van der Waals surface area contributed by atoms with Crippen molar-refractivity contribution < 1.29 is 9.59 Å². The van der Waals surface area contributed by atoms with Crippen molar-refractivity contribution in [2.45, 2.75) is 33.1 Å². The van der Waals surface area contributed by atoms with Gasteiger partial charge in [0, 0.05) is 43.5 Å². The highest BCUT2D eigenvalue weighted by Gasteiger charge is 2.13. The summed E-state index contributed by atoms with van der Waals surface area (Å²) < 4.78 is 0. The van der Waals surface area contributed by atoms with Crippen molar-refractivity contribution in [2.75, 3.05) is 11.9 Å². The first-order valence-corrected chi connectivity index (χ1v) is 10.2. The van der Waals surface area contributed by atoms with Crippen LogP contribution in [0.4, 0.5) is 5.69 Å². The second kappa shape index (κ2) is 9.63. The van der Waals surface area contributed by atoms with Crippen molar-refractivity contribution in [3.05, 3.63) is 76.8 Å². The molecular formula is C24H24ClN3O2. The lowest BCUT2D eigenvalue weighted by Crippen LogP contribution is -2.25. The molecule has 2 heterocycles. The number of ketones is 1. The molecule has 0 saturated heterocycles. The summed E-state index contributed by atoms with van der Waals surface area (Å²) in [5, 5.41) is 0.429. The van der Waals surface area contributed by atoms with Crippen LogP contribution in [0.25, 0.3) is 11.1 Å². The van der Waals surface area contributed by atoms with E-state index >= 15 is 0 Å². The molecule has 5 nitrogen and oxygen atoms in total. The Morgan fingerprint density at radius 2 is 1.90 bits per heavy atom. The molecule has 0 bridgehead atoms. The summed E-state index contributed by atoms with van der Waals surface area (Å²) in [6, 6.07) is 13.2. The zero-order valence-electron chi connectivity index (χ0n) is 17.4. The van der Waals surface area contributed by atoms with Gasteiger partial charge in [-0.1, -0.05) is 36.7 Å². The number of Topliss-reactive ketones (excluding diaryl/α,β-unsaturated/α-hetero) is 1. The fraction of sp³-hybridized carbons (Fsp3) is 0.250. The summed E-state index contributed by atoms with van der Waals surface area (Å²) in [6.07, 6.45) is 4.65. The molecule has 0 N–H and O–H groups in total. The van der Waals surface area contributed by atoms with Crippen LogP contribution in [-0.2, 0) is 11.2 Å². The number of aryl methyl sites for hydroxylation is 2. The Morgan fingerprint density at radius 1 is 1.10 bits per heavy atom. The van der Waals surface area contributed by atoms with Gasteiger partial charge in [-0.15, -0.1) is 0 Å². The molecule has 154 valence electrons. The van der Waals surface area contributed by atoms with Crippen molar-refractivity contribution >= 4 is 29.0 Å². The van der Waals surface area contributed by atoms with Gasteiger partial charge in [0.2, 0.25) is 5.91 Å². The molecule has 3 rings (SSSR count). The molecule has 0 radical (unpaired) electrons. The number of pyridine rings is 2. The highest BCUT2D eigenvalue weighted by Crippen LogP contribution is 2.27. The third kappa shape index (κ3) is 4.92. The highest BCUT2D eigenvalue weighted by atomic mass is 35.5. The summed E-state index contributed by atoms with van der Waals surface area (Å²) >= 11 is 6.05. The number of aromatic nitrogens is 2. The van der Waals surface area contributed by atoms with Crippen LogP contribution >= 0.6 is 11.6 Å². The number of hydrogen-bond acceptors (Lipinski definition) is 4. The van der Waals surface area contributed by atoms with Crippen molar-refractivity contribution in [3.63, 3.8) is 0 Å². The van der Waals surface area contributed by atoms with Gasteiger partial charge in [0.05, 0.1) is 0 Å². The lowest BCUT2D eigenvalue weighted by atomic mass is 10.00. The van der Waals surface area contributed by atoms with Gasteiger partial charge in [0.1, 0.15) is 10.8 Å². The lowest BCUT2D eigenvalue weighted by molar-refractivity contribution is -0.118. The minimum Gasteiger partial charge on any atom is -0.316 e. The second-order valence-electron chi connectivity index (χ2n) is 7.11. The Morgan fingerprint density at radius 3 is 2.53 bits per heavy atom. The molecule has 0 unspecified atom stereocenters. The van der Waals surface area contributed by atoms with E-state index < -0.39 is 0 Å². The zero-order valence-corrected chi connectivity index (χ0v) is 18.1. The van der Waals surface area contributed by atoms with E-state index in [1.807, 2.05) is 50.2 Å².